The van der Waals surface area contributed by atoms with Crippen molar-refractivity contribution < 1.29 is 29.1 Å². The van der Waals surface area contributed by atoms with E-state index in [-0.39, 0.29) is 12.3 Å². The van der Waals surface area contributed by atoms with Gasteiger partial charge in [0.25, 0.3) is 0 Å². The molecule has 0 spiro atoms. The zero-order chi connectivity index (χ0) is 24.4. The van der Waals surface area contributed by atoms with Crippen LogP contribution in [0.5, 0.6) is 0 Å². The van der Waals surface area contributed by atoms with Crippen LogP contribution in [0.4, 0.5) is 0 Å². The highest BCUT2D eigenvalue weighted by molar-refractivity contribution is 5.96. The number of benzene rings is 1. The Labute approximate surface area is 186 Å². The van der Waals surface area contributed by atoms with Gasteiger partial charge in [0.05, 0.1) is 12.5 Å². The third-order valence-electron chi connectivity index (χ3n) is 4.70. The van der Waals surface area contributed by atoms with Crippen LogP contribution in [0.1, 0.15) is 32.8 Å². The van der Waals surface area contributed by atoms with Crippen LogP contribution in [0, 0.1) is 5.92 Å². The molecule has 0 aliphatic rings. The molecule has 0 aliphatic carbocycles. The molecule has 8 N–H and O–H groups in total. The van der Waals surface area contributed by atoms with Gasteiger partial charge in [-0.3, -0.25) is 24.0 Å². The second-order valence-electron chi connectivity index (χ2n) is 7.82. The van der Waals surface area contributed by atoms with Gasteiger partial charge in [0, 0.05) is 6.42 Å². The highest BCUT2D eigenvalue weighted by Gasteiger charge is 2.31. The Hall–Kier alpha value is -3.47. The number of amides is 4. The van der Waals surface area contributed by atoms with Crippen molar-refractivity contribution >= 4 is 29.6 Å². The Morgan fingerprint density at radius 2 is 1.41 bits per heavy atom. The molecule has 1 aromatic rings. The first-order valence-electron chi connectivity index (χ1n) is 10.1. The van der Waals surface area contributed by atoms with Gasteiger partial charge < -0.3 is 32.5 Å². The number of aliphatic carboxylic acids is 1. The van der Waals surface area contributed by atoms with E-state index in [1.807, 2.05) is 0 Å². The monoisotopic (exact) mass is 449 g/mol. The molecule has 0 saturated heterocycles. The minimum atomic E-state index is -1.35. The van der Waals surface area contributed by atoms with Crippen molar-refractivity contribution in [2.24, 2.45) is 17.4 Å². The van der Waals surface area contributed by atoms with Crippen molar-refractivity contribution in [1.82, 2.24) is 16.0 Å². The van der Waals surface area contributed by atoms with Crippen LogP contribution in [0.2, 0.25) is 0 Å². The quantitative estimate of drug-likeness (QED) is 0.227. The molecule has 0 fully saturated rings. The summed E-state index contributed by atoms with van der Waals surface area (Å²) in [5, 5.41) is 16.2. The summed E-state index contributed by atoms with van der Waals surface area (Å²) in [7, 11) is 0. The third kappa shape index (κ3) is 8.72. The van der Waals surface area contributed by atoms with Gasteiger partial charge in [0.1, 0.15) is 18.1 Å². The number of carbonyl (C=O) groups excluding carboxylic acids is 4. The Balaban J connectivity index is 3.06. The number of nitrogens with two attached hydrogens (primary N) is 2. The van der Waals surface area contributed by atoms with Gasteiger partial charge in [0.15, 0.2) is 0 Å². The smallest absolute Gasteiger partial charge is 0.325 e. The van der Waals surface area contributed by atoms with Crippen molar-refractivity contribution in [2.45, 2.75) is 57.8 Å². The average molecular weight is 450 g/mol. The molecule has 4 amide bonds. The molecule has 0 heterocycles. The second-order valence-corrected chi connectivity index (χ2v) is 7.82. The molecule has 1 aromatic carbocycles. The van der Waals surface area contributed by atoms with Gasteiger partial charge in [-0.05, 0) is 18.4 Å². The zero-order valence-electron chi connectivity index (χ0n) is 18.3. The van der Waals surface area contributed by atoms with E-state index in [2.05, 4.69) is 16.0 Å². The van der Waals surface area contributed by atoms with E-state index in [1.165, 1.54) is 6.92 Å². The van der Waals surface area contributed by atoms with E-state index >= 15 is 0 Å². The normalized spacial score (nSPS) is 14.5. The van der Waals surface area contributed by atoms with Crippen molar-refractivity contribution in [3.8, 4) is 0 Å². The van der Waals surface area contributed by atoms with Crippen LogP contribution in [-0.4, -0.2) is 58.9 Å². The van der Waals surface area contributed by atoms with Gasteiger partial charge in [-0.15, -0.1) is 0 Å². The van der Waals surface area contributed by atoms with Crippen LogP contribution in [0.15, 0.2) is 30.3 Å². The lowest BCUT2D eigenvalue weighted by Gasteiger charge is -2.25. The third-order valence-corrected chi connectivity index (χ3v) is 4.70. The molecule has 1 rings (SSSR count). The highest BCUT2D eigenvalue weighted by Crippen LogP contribution is 2.06. The summed E-state index contributed by atoms with van der Waals surface area (Å²) in [5.74, 6) is -4.52. The van der Waals surface area contributed by atoms with E-state index < -0.39 is 60.2 Å². The number of carboxylic acids is 1. The average Bonchev–Trinajstić information content (AvgIpc) is 2.72. The minimum Gasteiger partial charge on any atom is -0.480 e. The molecular formula is C21H31N5O6. The van der Waals surface area contributed by atoms with Crippen LogP contribution in [-0.2, 0) is 30.4 Å². The van der Waals surface area contributed by atoms with Crippen molar-refractivity contribution in [1.29, 1.82) is 0 Å². The molecule has 0 saturated carbocycles. The Bertz CT molecular complexity index is 829. The molecule has 4 atom stereocenters. The lowest BCUT2D eigenvalue weighted by Crippen LogP contribution is -2.58. The summed E-state index contributed by atoms with van der Waals surface area (Å²) in [4.78, 5) is 60.4. The zero-order valence-corrected chi connectivity index (χ0v) is 18.3. The van der Waals surface area contributed by atoms with Crippen molar-refractivity contribution in [3.63, 3.8) is 0 Å². The van der Waals surface area contributed by atoms with Gasteiger partial charge in [-0.25, -0.2) is 0 Å². The maximum atomic E-state index is 12.9. The molecule has 0 radical (unpaired) electrons. The molecule has 0 aromatic heterocycles. The summed E-state index contributed by atoms with van der Waals surface area (Å²) in [6.45, 7) is 4.72. The topological polar surface area (TPSA) is 194 Å². The fraction of sp³-hybridized carbons (Fsp3) is 0.476. The Kier molecular flexibility index (Phi) is 10.3. The lowest BCUT2D eigenvalue weighted by atomic mass is 10.0. The fourth-order valence-electron chi connectivity index (χ4n) is 2.69. The van der Waals surface area contributed by atoms with E-state index in [4.69, 9.17) is 16.6 Å². The van der Waals surface area contributed by atoms with E-state index in [9.17, 15) is 24.0 Å². The standard InChI is InChI=1S/C21H31N5O6/c1-11(2)17(23)20(30)26-15(10-16(22)27)19(29)25-14(9-13-7-5-4-6-8-13)18(28)24-12(3)21(31)32/h4-8,11-12,14-15,17H,9-10,23H2,1-3H3,(H2,22,27)(H,24,28)(H,25,29)(H,26,30)(H,31,32). The SMILES string of the molecule is CC(NC(=O)C(Cc1ccccc1)NC(=O)C(CC(N)=O)NC(=O)C(N)C(C)C)C(=O)O. The number of carboxylic acid groups (broad SMARTS) is 1. The molecule has 176 valence electrons. The Morgan fingerprint density at radius 1 is 0.875 bits per heavy atom. The molecule has 0 bridgehead atoms. The first kappa shape index (κ1) is 26.6. The maximum Gasteiger partial charge on any atom is 0.325 e. The predicted octanol–water partition coefficient (Wildman–Crippen LogP) is -1.35. The maximum absolute atomic E-state index is 12.9. The van der Waals surface area contributed by atoms with Crippen LogP contribution in [0.3, 0.4) is 0 Å². The number of nitrogens with one attached hydrogen (secondary N) is 3. The van der Waals surface area contributed by atoms with Crippen LogP contribution < -0.4 is 27.4 Å². The summed E-state index contributed by atoms with van der Waals surface area (Å²) < 4.78 is 0. The summed E-state index contributed by atoms with van der Waals surface area (Å²) in [5.41, 5.74) is 11.7. The number of rotatable bonds is 12. The Morgan fingerprint density at radius 3 is 1.91 bits per heavy atom. The highest BCUT2D eigenvalue weighted by atomic mass is 16.4. The molecule has 32 heavy (non-hydrogen) atoms. The summed E-state index contributed by atoms with van der Waals surface area (Å²) >= 11 is 0. The van der Waals surface area contributed by atoms with Crippen LogP contribution in [0.25, 0.3) is 0 Å². The first-order chi connectivity index (χ1) is 14.9. The largest absolute Gasteiger partial charge is 0.480 e. The predicted molar refractivity (Wildman–Crippen MR) is 116 cm³/mol. The summed E-state index contributed by atoms with van der Waals surface area (Å²) in [6.07, 6.45) is -0.457. The van der Waals surface area contributed by atoms with Gasteiger partial charge in [-0.2, -0.15) is 0 Å². The van der Waals surface area contributed by atoms with Crippen molar-refractivity contribution in [2.75, 3.05) is 0 Å². The fourth-order valence-corrected chi connectivity index (χ4v) is 2.69. The van der Waals surface area contributed by atoms with Gasteiger partial charge in [0.2, 0.25) is 23.6 Å². The first-order valence-corrected chi connectivity index (χ1v) is 10.1. The van der Waals surface area contributed by atoms with E-state index in [0.717, 1.165) is 0 Å². The van der Waals surface area contributed by atoms with Gasteiger partial charge >= 0.3 is 5.97 Å². The molecule has 0 aliphatic heterocycles. The van der Waals surface area contributed by atoms with E-state index in [1.54, 1.807) is 44.2 Å². The van der Waals surface area contributed by atoms with E-state index in [0.29, 0.717) is 5.56 Å². The number of carbonyl (C=O) groups is 5. The molecule has 11 heteroatoms. The number of hydrogen-bond acceptors (Lipinski definition) is 6. The number of hydrogen-bond donors (Lipinski definition) is 6. The van der Waals surface area contributed by atoms with Crippen molar-refractivity contribution in [3.05, 3.63) is 35.9 Å². The molecular weight excluding hydrogens is 418 g/mol. The van der Waals surface area contributed by atoms with Gasteiger partial charge in [-0.1, -0.05) is 44.2 Å². The second kappa shape index (κ2) is 12.4. The number of primary amides is 1. The minimum absolute atomic E-state index is 0.0491. The molecule has 4 unspecified atom stereocenters. The lowest BCUT2D eigenvalue weighted by molar-refractivity contribution is -0.142. The van der Waals surface area contributed by atoms with Crippen LogP contribution >= 0.6 is 0 Å². The molecule has 11 nitrogen and oxygen atoms in total. The summed E-state index contributed by atoms with van der Waals surface area (Å²) in [6, 6.07) is 4.10.